The van der Waals surface area contributed by atoms with Gasteiger partial charge in [-0.3, -0.25) is 0 Å². The summed E-state index contributed by atoms with van der Waals surface area (Å²) >= 11 is 5.73. The van der Waals surface area contributed by atoms with E-state index >= 15 is 0 Å². The van der Waals surface area contributed by atoms with E-state index in [1.54, 1.807) is 7.05 Å². The van der Waals surface area contributed by atoms with E-state index in [2.05, 4.69) is 0 Å². The summed E-state index contributed by atoms with van der Waals surface area (Å²) in [6.07, 6.45) is 0. The number of alkyl halides is 1. The second-order valence-electron chi connectivity index (χ2n) is 4.63. The maximum atomic E-state index is 12.5. The van der Waals surface area contributed by atoms with Crippen LogP contribution >= 0.6 is 11.6 Å². The van der Waals surface area contributed by atoms with E-state index in [9.17, 15) is 8.42 Å². The van der Waals surface area contributed by atoms with Crippen molar-refractivity contribution in [1.82, 2.24) is 8.61 Å². The van der Waals surface area contributed by atoms with E-state index in [0.29, 0.717) is 13.1 Å². The Bertz CT molecular complexity index is 477. The summed E-state index contributed by atoms with van der Waals surface area (Å²) in [5.41, 5.74) is 0.952. The molecule has 0 bridgehead atoms. The van der Waals surface area contributed by atoms with Gasteiger partial charge in [0.1, 0.15) is 0 Å². The standard InChI is InChI=1S/C13H21ClN2O2S/c1-12(2)15(3)19(17,18)16(10-9-14)11-13-7-5-4-6-8-13/h4-8,12H,9-11H2,1-3H3. The molecule has 0 fully saturated rings. The van der Waals surface area contributed by atoms with Crippen LogP contribution in [0.2, 0.25) is 0 Å². The van der Waals surface area contributed by atoms with Crippen LogP contribution in [0.25, 0.3) is 0 Å². The lowest BCUT2D eigenvalue weighted by atomic mass is 10.2. The van der Waals surface area contributed by atoms with Crippen LogP contribution in [0.15, 0.2) is 30.3 Å². The SMILES string of the molecule is CC(C)N(C)S(=O)(=O)N(CCCl)Cc1ccccc1. The number of rotatable bonds is 7. The third-order valence-electron chi connectivity index (χ3n) is 2.95. The Morgan fingerprint density at radius 3 is 2.26 bits per heavy atom. The highest BCUT2D eigenvalue weighted by Crippen LogP contribution is 2.14. The lowest BCUT2D eigenvalue weighted by molar-refractivity contribution is 0.338. The van der Waals surface area contributed by atoms with Crippen molar-refractivity contribution >= 4 is 21.8 Å². The number of nitrogens with zero attached hydrogens (tertiary/aromatic N) is 2. The molecule has 19 heavy (non-hydrogen) atoms. The Morgan fingerprint density at radius 1 is 1.21 bits per heavy atom. The zero-order valence-electron chi connectivity index (χ0n) is 11.6. The topological polar surface area (TPSA) is 40.6 Å². The van der Waals surface area contributed by atoms with Crippen LogP contribution in [0.3, 0.4) is 0 Å². The van der Waals surface area contributed by atoms with E-state index in [4.69, 9.17) is 11.6 Å². The van der Waals surface area contributed by atoms with Crippen molar-refractivity contribution < 1.29 is 8.42 Å². The highest BCUT2D eigenvalue weighted by molar-refractivity contribution is 7.86. The van der Waals surface area contributed by atoms with Gasteiger partial charge in [0.15, 0.2) is 0 Å². The second-order valence-corrected chi connectivity index (χ2v) is 6.99. The van der Waals surface area contributed by atoms with Crippen molar-refractivity contribution in [2.75, 3.05) is 19.5 Å². The van der Waals surface area contributed by atoms with Crippen molar-refractivity contribution in [1.29, 1.82) is 0 Å². The average Bonchev–Trinajstić information content (AvgIpc) is 2.38. The van der Waals surface area contributed by atoms with E-state index in [-0.39, 0.29) is 11.9 Å². The molecule has 6 heteroatoms. The molecule has 0 aliphatic rings. The average molecular weight is 305 g/mol. The molecule has 1 aromatic rings. The van der Waals surface area contributed by atoms with E-state index < -0.39 is 10.2 Å². The summed E-state index contributed by atoms with van der Waals surface area (Å²) in [5.74, 6) is 0.276. The number of benzene rings is 1. The van der Waals surface area contributed by atoms with Gasteiger partial charge in [-0.2, -0.15) is 17.0 Å². The van der Waals surface area contributed by atoms with Crippen molar-refractivity contribution in [2.45, 2.75) is 26.4 Å². The fraction of sp³-hybridized carbons (Fsp3) is 0.538. The largest absolute Gasteiger partial charge is 0.282 e. The zero-order chi connectivity index (χ0) is 14.5. The summed E-state index contributed by atoms with van der Waals surface area (Å²) < 4.78 is 27.7. The predicted octanol–water partition coefficient (Wildman–Crippen LogP) is 2.31. The quantitative estimate of drug-likeness (QED) is 0.725. The van der Waals surface area contributed by atoms with Crippen LogP contribution in [0.5, 0.6) is 0 Å². The van der Waals surface area contributed by atoms with Crippen molar-refractivity contribution in [3.05, 3.63) is 35.9 Å². The first-order valence-corrected chi connectivity index (χ1v) is 8.15. The highest BCUT2D eigenvalue weighted by atomic mass is 35.5. The minimum Gasteiger partial charge on any atom is -0.195 e. The molecule has 0 aromatic heterocycles. The maximum absolute atomic E-state index is 12.5. The second kappa shape index (κ2) is 7.24. The molecule has 108 valence electrons. The van der Waals surface area contributed by atoms with Gasteiger partial charge in [0, 0.05) is 32.1 Å². The monoisotopic (exact) mass is 304 g/mol. The molecule has 0 aliphatic carbocycles. The van der Waals surface area contributed by atoms with Crippen molar-refractivity contribution in [3.8, 4) is 0 Å². The number of hydrogen-bond donors (Lipinski definition) is 0. The molecule has 0 spiro atoms. The molecular weight excluding hydrogens is 284 g/mol. The summed E-state index contributed by atoms with van der Waals surface area (Å²) in [4.78, 5) is 0. The van der Waals surface area contributed by atoms with Crippen LogP contribution in [0.4, 0.5) is 0 Å². The third-order valence-corrected chi connectivity index (χ3v) is 5.24. The summed E-state index contributed by atoms with van der Waals surface area (Å²) in [6.45, 7) is 4.33. The smallest absolute Gasteiger partial charge is 0.195 e. The van der Waals surface area contributed by atoms with Gasteiger partial charge in [-0.1, -0.05) is 30.3 Å². The van der Waals surface area contributed by atoms with Gasteiger partial charge in [0.25, 0.3) is 10.2 Å². The minimum atomic E-state index is -3.48. The molecule has 0 heterocycles. The van der Waals surface area contributed by atoms with Gasteiger partial charge >= 0.3 is 0 Å². The number of hydrogen-bond acceptors (Lipinski definition) is 2. The Balaban J connectivity index is 2.94. The van der Waals surface area contributed by atoms with Gasteiger partial charge in [-0.15, -0.1) is 11.6 Å². The van der Waals surface area contributed by atoms with Crippen LogP contribution in [-0.2, 0) is 16.8 Å². The zero-order valence-corrected chi connectivity index (χ0v) is 13.2. The van der Waals surface area contributed by atoms with Gasteiger partial charge in [0.2, 0.25) is 0 Å². The Labute approximate surface area is 121 Å². The molecule has 0 saturated carbocycles. The first-order chi connectivity index (χ1) is 8.89. The number of halogens is 1. The molecule has 0 radical (unpaired) electrons. The Morgan fingerprint density at radius 2 is 1.79 bits per heavy atom. The van der Waals surface area contributed by atoms with Crippen molar-refractivity contribution in [3.63, 3.8) is 0 Å². The fourth-order valence-corrected chi connectivity index (χ4v) is 3.44. The maximum Gasteiger partial charge on any atom is 0.282 e. The van der Waals surface area contributed by atoms with Gasteiger partial charge < -0.3 is 0 Å². The van der Waals surface area contributed by atoms with E-state index in [1.165, 1.54) is 8.61 Å². The van der Waals surface area contributed by atoms with Crippen LogP contribution in [0.1, 0.15) is 19.4 Å². The van der Waals surface area contributed by atoms with Gasteiger partial charge in [-0.25, -0.2) is 0 Å². The van der Waals surface area contributed by atoms with Gasteiger partial charge in [-0.05, 0) is 19.4 Å². The van der Waals surface area contributed by atoms with Crippen LogP contribution < -0.4 is 0 Å². The molecule has 0 saturated heterocycles. The normalized spacial score (nSPS) is 12.6. The summed E-state index contributed by atoms with van der Waals surface area (Å²) in [5, 5.41) is 0. The molecule has 0 amide bonds. The van der Waals surface area contributed by atoms with E-state index in [0.717, 1.165) is 5.56 Å². The van der Waals surface area contributed by atoms with Crippen LogP contribution in [-0.4, -0.2) is 42.5 Å². The molecule has 0 atom stereocenters. The lowest BCUT2D eigenvalue weighted by Gasteiger charge is -2.29. The molecule has 1 aromatic carbocycles. The minimum absolute atomic E-state index is 0.0846. The van der Waals surface area contributed by atoms with E-state index in [1.807, 2.05) is 44.2 Å². The summed E-state index contributed by atoms with van der Waals surface area (Å²) in [6, 6.07) is 9.43. The third kappa shape index (κ3) is 4.45. The van der Waals surface area contributed by atoms with Gasteiger partial charge in [0.05, 0.1) is 0 Å². The fourth-order valence-electron chi connectivity index (χ4n) is 1.61. The Hall–Kier alpha value is -0.620. The van der Waals surface area contributed by atoms with Crippen molar-refractivity contribution in [2.24, 2.45) is 0 Å². The molecule has 0 N–H and O–H groups in total. The predicted molar refractivity (Wildman–Crippen MR) is 79.4 cm³/mol. The van der Waals surface area contributed by atoms with Crippen LogP contribution in [0, 0.1) is 0 Å². The first kappa shape index (κ1) is 16.4. The molecular formula is C13H21ClN2O2S. The molecule has 4 nitrogen and oxygen atoms in total. The Kier molecular flexibility index (Phi) is 6.26. The lowest BCUT2D eigenvalue weighted by Crippen LogP contribution is -2.45. The molecule has 1 rings (SSSR count). The summed E-state index contributed by atoms with van der Waals surface area (Å²) in [7, 11) is -1.89. The molecule has 0 aliphatic heterocycles. The highest BCUT2D eigenvalue weighted by Gasteiger charge is 2.28. The first-order valence-electron chi connectivity index (χ1n) is 6.22. The molecule has 0 unspecified atom stereocenters.